The Balaban J connectivity index is 2.16. The second kappa shape index (κ2) is 2.46. The predicted molar refractivity (Wildman–Crippen MR) is 32.6 cm³/mol. The van der Waals surface area contributed by atoms with Gasteiger partial charge in [-0.2, -0.15) is 0 Å². The van der Waals surface area contributed by atoms with Crippen molar-refractivity contribution in [3.63, 3.8) is 0 Å². The predicted octanol–water partition coefficient (Wildman–Crippen LogP) is 0.370. The minimum Gasteiger partial charge on any atom is -0.381 e. The smallest absolute Gasteiger partial charge is 0.0611 e. The zero-order valence-electron chi connectivity index (χ0n) is 5.26. The first-order chi connectivity index (χ1) is 3.88. The van der Waals surface area contributed by atoms with Crippen LogP contribution < -0.4 is 5.73 Å². The van der Waals surface area contributed by atoms with E-state index < -0.39 is 0 Å². The van der Waals surface area contributed by atoms with Crippen LogP contribution in [0.4, 0.5) is 0 Å². The van der Waals surface area contributed by atoms with Crippen LogP contribution in [0.25, 0.3) is 0 Å². The van der Waals surface area contributed by atoms with E-state index in [1.807, 2.05) is 0 Å². The fourth-order valence-electron chi connectivity index (χ4n) is 1.12. The second-order valence-electron chi connectivity index (χ2n) is 2.35. The van der Waals surface area contributed by atoms with Crippen LogP contribution in [0.15, 0.2) is 0 Å². The van der Waals surface area contributed by atoms with Crippen LogP contribution in [0.5, 0.6) is 0 Å². The third kappa shape index (κ3) is 0.858. The molecule has 0 heterocycles. The maximum atomic E-state index is 5.42. The Hall–Kier alpha value is -0.0800. The summed E-state index contributed by atoms with van der Waals surface area (Å²) in [6.45, 7) is 0.790. The summed E-state index contributed by atoms with van der Waals surface area (Å²) in [6, 6.07) is 0. The molecular formula is C6H13NO. The van der Waals surface area contributed by atoms with E-state index in [1.165, 1.54) is 12.8 Å². The van der Waals surface area contributed by atoms with Gasteiger partial charge in [-0.3, -0.25) is 0 Å². The molecule has 1 fully saturated rings. The maximum absolute atomic E-state index is 5.42. The van der Waals surface area contributed by atoms with Crippen LogP contribution in [0.2, 0.25) is 0 Å². The number of rotatable bonds is 2. The van der Waals surface area contributed by atoms with Crippen molar-refractivity contribution in [2.75, 3.05) is 13.7 Å². The van der Waals surface area contributed by atoms with Gasteiger partial charge >= 0.3 is 0 Å². The van der Waals surface area contributed by atoms with Crippen molar-refractivity contribution in [2.45, 2.75) is 18.9 Å². The molecule has 8 heavy (non-hydrogen) atoms. The summed E-state index contributed by atoms with van der Waals surface area (Å²) >= 11 is 0. The molecule has 2 heteroatoms. The summed E-state index contributed by atoms with van der Waals surface area (Å²) in [7, 11) is 1.76. The maximum Gasteiger partial charge on any atom is 0.0611 e. The van der Waals surface area contributed by atoms with Gasteiger partial charge in [-0.25, -0.2) is 0 Å². The van der Waals surface area contributed by atoms with E-state index in [0.717, 1.165) is 6.54 Å². The molecule has 1 aliphatic rings. The Kier molecular flexibility index (Phi) is 1.86. The van der Waals surface area contributed by atoms with Gasteiger partial charge in [-0.1, -0.05) is 0 Å². The number of hydrogen-bond acceptors (Lipinski definition) is 2. The fraction of sp³-hybridized carbons (Fsp3) is 1.00. The Morgan fingerprint density at radius 2 is 2.38 bits per heavy atom. The number of nitrogens with two attached hydrogens (primary N) is 1. The van der Waals surface area contributed by atoms with E-state index in [-0.39, 0.29) is 0 Å². The number of ether oxygens (including phenoxy) is 1. The van der Waals surface area contributed by atoms with Crippen molar-refractivity contribution < 1.29 is 4.74 Å². The summed E-state index contributed by atoms with van der Waals surface area (Å²) in [6.07, 6.45) is 2.94. The molecule has 2 unspecified atom stereocenters. The summed E-state index contributed by atoms with van der Waals surface area (Å²) in [4.78, 5) is 0. The molecule has 2 nitrogen and oxygen atoms in total. The summed E-state index contributed by atoms with van der Waals surface area (Å²) in [5.74, 6) is 0.653. The van der Waals surface area contributed by atoms with Crippen LogP contribution in [0, 0.1) is 5.92 Å². The highest BCUT2D eigenvalue weighted by Crippen LogP contribution is 2.28. The van der Waals surface area contributed by atoms with Gasteiger partial charge in [0.15, 0.2) is 0 Å². The first-order valence-electron chi connectivity index (χ1n) is 3.11. The first kappa shape index (κ1) is 6.05. The quantitative estimate of drug-likeness (QED) is 0.564. The van der Waals surface area contributed by atoms with Crippen molar-refractivity contribution in [2.24, 2.45) is 11.7 Å². The van der Waals surface area contributed by atoms with Crippen LogP contribution in [-0.2, 0) is 4.74 Å². The van der Waals surface area contributed by atoms with Crippen LogP contribution >= 0.6 is 0 Å². The molecule has 0 bridgehead atoms. The van der Waals surface area contributed by atoms with Crippen LogP contribution in [-0.4, -0.2) is 19.8 Å². The van der Waals surface area contributed by atoms with E-state index in [0.29, 0.717) is 12.0 Å². The molecule has 1 rings (SSSR count). The van der Waals surface area contributed by atoms with Crippen LogP contribution in [0.1, 0.15) is 12.8 Å². The lowest BCUT2D eigenvalue weighted by atomic mass is 9.82. The average molecular weight is 115 g/mol. The molecule has 0 aromatic rings. The highest BCUT2D eigenvalue weighted by Gasteiger charge is 2.28. The summed E-state index contributed by atoms with van der Waals surface area (Å²) in [5, 5.41) is 0. The van der Waals surface area contributed by atoms with E-state index in [2.05, 4.69) is 0 Å². The Bertz CT molecular complexity index is 60.9. The molecular weight excluding hydrogens is 102 g/mol. The largest absolute Gasteiger partial charge is 0.381 e. The Labute approximate surface area is 50.0 Å². The van der Waals surface area contributed by atoms with Crippen molar-refractivity contribution >= 4 is 0 Å². The zero-order valence-corrected chi connectivity index (χ0v) is 5.26. The van der Waals surface area contributed by atoms with Crippen LogP contribution in [0.3, 0.4) is 0 Å². The highest BCUT2D eigenvalue weighted by atomic mass is 16.5. The van der Waals surface area contributed by atoms with E-state index in [1.54, 1.807) is 7.11 Å². The lowest BCUT2D eigenvalue weighted by Crippen LogP contribution is -2.38. The average Bonchev–Trinajstić information content (AvgIpc) is 1.66. The molecule has 2 atom stereocenters. The minimum absolute atomic E-state index is 0.472. The Morgan fingerprint density at radius 3 is 2.50 bits per heavy atom. The second-order valence-corrected chi connectivity index (χ2v) is 2.35. The van der Waals surface area contributed by atoms with Gasteiger partial charge in [-0.05, 0) is 25.3 Å². The van der Waals surface area contributed by atoms with Crippen molar-refractivity contribution in [1.29, 1.82) is 0 Å². The normalized spacial score (nSPS) is 36.8. The zero-order chi connectivity index (χ0) is 5.98. The van der Waals surface area contributed by atoms with Gasteiger partial charge in [0.05, 0.1) is 6.10 Å². The molecule has 48 valence electrons. The Morgan fingerprint density at radius 1 is 1.62 bits per heavy atom. The first-order valence-corrected chi connectivity index (χ1v) is 3.11. The fourth-order valence-corrected chi connectivity index (χ4v) is 1.12. The minimum atomic E-state index is 0.472. The molecule has 0 radical (unpaired) electrons. The van der Waals surface area contributed by atoms with Crippen molar-refractivity contribution in [1.82, 2.24) is 0 Å². The third-order valence-corrected chi connectivity index (χ3v) is 1.95. The molecule has 0 amide bonds. The van der Waals surface area contributed by atoms with E-state index in [4.69, 9.17) is 10.5 Å². The molecule has 0 saturated heterocycles. The summed E-state index contributed by atoms with van der Waals surface area (Å²) in [5.41, 5.74) is 5.42. The molecule has 0 spiro atoms. The highest BCUT2D eigenvalue weighted by molar-refractivity contribution is 4.81. The lowest BCUT2D eigenvalue weighted by Gasteiger charge is -2.34. The molecule has 0 aliphatic heterocycles. The van der Waals surface area contributed by atoms with Gasteiger partial charge in [0.2, 0.25) is 0 Å². The van der Waals surface area contributed by atoms with Gasteiger partial charge in [-0.15, -0.1) is 0 Å². The monoisotopic (exact) mass is 115 g/mol. The summed E-state index contributed by atoms with van der Waals surface area (Å²) < 4.78 is 5.11. The lowest BCUT2D eigenvalue weighted by molar-refractivity contribution is -0.0118. The van der Waals surface area contributed by atoms with Crippen molar-refractivity contribution in [3.8, 4) is 0 Å². The molecule has 0 aromatic heterocycles. The van der Waals surface area contributed by atoms with Gasteiger partial charge in [0.25, 0.3) is 0 Å². The molecule has 1 saturated carbocycles. The van der Waals surface area contributed by atoms with Gasteiger partial charge < -0.3 is 10.5 Å². The number of hydrogen-bond donors (Lipinski definition) is 1. The van der Waals surface area contributed by atoms with Gasteiger partial charge in [0, 0.05) is 7.11 Å². The molecule has 1 aliphatic carbocycles. The molecule has 2 N–H and O–H groups in total. The van der Waals surface area contributed by atoms with Gasteiger partial charge in [0.1, 0.15) is 0 Å². The SMILES string of the molecule is COC1CCC1CN. The van der Waals surface area contributed by atoms with Crippen molar-refractivity contribution in [3.05, 3.63) is 0 Å². The number of methoxy groups -OCH3 is 1. The molecule has 0 aromatic carbocycles. The topological polar surface area (TPSA) is 35.2 Å². The standard InChI is InChI=1S/C6H13NO/c1-8-6-3-2-5(6)4-7/h5-6H,2-4,7H2,1H3. The van der Waals surface area contributed by atoms with E-state index >= 15 is 0 Å². The van der Waals surface area contributed by atoms with E-state index in [9.17, 15) is 0 Å². The third-order valence-electron chi connectivity index (χ3n) is 1.95.